The lowest BCUT2D eigenvalue weighted by Crippen LogP contribution is -2.29. The lowest BCUT2D eigenvalue weighted by molar-refractivity contribution is -0.383. The van der Waals surface area contributed by atoms with Gasteiger partial charge in [-0.25, -0.2) is 4.98 Å². The van der Waals surface area contributed by atoms with Gasteiger partial charge in [0.1, 0.15) is 5.39 Å². The van der Waals surface area contributed by atoms with Crippen LogP contribution in [0.2, 0.25) is 0 Å². The zero-order valence-electron chi connectivity index (χ0n) is 14.0. The molecular formula is C18H20N4O2. The van der Waals surface area contributed by atoms with Crippen molar-refractivity contribution in [2.75, 3.05) is 26.0 Å². The van der Waals surface area contributed by atoms with E-state index in [9.17, 15) is 10.1 Å². The van der Waals surface area contributed by atoms with Crippen LogP contribution in [0.3, 0.4) is 0 Å². The van der Waals surface area contributed by atoms with E-state index in [0.717, 1.165) is 23.1 Å². The van der Waals surface area contributed by atoms with E-state index in [2.05, 4.69) is 22.1 Å². The molecule has 3 rings (SSSR count). The van der Waals surface area contributed by atoms with Gasteiger partial charge in [0.15, 0.2) is 0 Å². The summed E-state index contributed by atoms with van der Waals surface area (Å²) < 4.78 is 0. The van der Waals surface area contributed by atoms with Crippen LogP contribution in [0.5, 0.6) is 0 Å². The van der Waals surface area contributed by atoms with Gasteiger partial charge in [-0.1, -0.05) is 24.3 Å². The van der Waals surface area contributed by atoms with Crippen molar-refractivity contribution in [1.29, 1.82) is 0 Å². The molecule has 0 spiro atoms. The zero-order valence-corrected chi connectivity index (χ0v) is 14.0. The number of fused-ring (bicyclic) bond motifs is 2. The van der Waals surface area contributed by atoms with Gasteiger partial charge >= 0.3 is 0 Å². The van der Waals surface area contributed by atoms with Gasteiger partial charge in [0.05, 0.1) is 21.6 Å². The Hall–Kier alpha value is -2.73. The number of anilines is 1. The van der Waals surface area contributed by atoms with Crippen LogP contribution in [-0.4, -0.2) is 41.5 Å². The number of hydrogen-bond donors (Lipinski definition) is 1. The predicted molar refractivity (Wildman–Crippen MR) is 97.5 cm³/mol. The van der Waals surface area contributed by atoms with Crippen molar-refractivity contribution >= 4 is 33.2 Å². The number of nitro benzene ring substituents is 1. The molecule has 24 heavy (non-hydrogen) atoms. The van der Waals surface area contributed by atoms with Crippen molar-refractivity contribution in [2.45, 2.75) is 13.0 Å². The molecule has 1 N–H and O–H groups in total. The lowest BCUT2D eigenvalue weighted by Gasteiger charge is -2.21. The average molecular weight is 324 g/mol. The minimum absolute atomic E-state index is 0.0744. The third-order valence-electron chi connectivity index (χ3n) is 3.91. The first kappa shape index (κ1) is 16.1. The number of benzene rings is 2. The maximum Gasteiger partial charge on any atom is 0.280 e. The van der Waals surface area contributed by atoms with Crippen LogP contribution < -0.4 is 5.32 Å². The first-order chi connectivity index (χ1) is 11.5. The van der Waals surface area contributed by atoms with E-state index in [-0.39, 0.29) is 16.7 Å². The molecule has 0 aliphatic carbocycles. The third-order valence-corrected chi connectivity index (χ3v) is 3.91. The second-order valence-electron chi connectivity index (χ2n) is 6.24. The van der Waals surface area contributed by atoms with Crippen LogP contribution in [0.1, 0.15) is 6.92 Å². The number of aromatic nitrogens is 1. The van der Waals surface area contributed by atoms with E-state index >= 15 is 0 Å². The zero-order chi connectivity index (χ0) is 17.3. The monoisotopic (exact) mass is 324 g/mol. The second kappa shape index (κ2) is 6.41. The number of hydrogen-bond acceptors (Lipinski definition) is 5. The van der Waals surface area contributed by atoms with Gasteiger partial charge in [-0.2, -0.15) is 0 Å². The summed E-state index contributed by atoms with van der Waals surface area (Å²) in [6.07, 6.45) is 0. The fourth-order valence-electron chi connectivity index (χ4n) is 3.07. The highest BCUT2D eigenvalue weighted by atomic mass is 16.6. The third kappa shape index (κ3) is 3.00. The molecule has 2 aromatic carbocycles. The van der Waals surface area contributed by atoms with Crippen LogP contribution in [0.15, 0.2) is 42.5 Å². The Labute approximate surface area is 140 Å². The molecule has 1 atom stereocenters. The van der Waals surface area contributed by atoms with Crippen LogP contribution in [-0.2, 0) is 0 Å². The van der Waals surface area contributed by atoms with E-state index in [1.165, 1.54) is 6.07 Å². The van der Waals surface area contributed by atoms with E-state index < -0.39 is 0 Å². The smallest absolute Gasteiger partial charge is 0.280 e. The number of pyridine rings is 1. The Bertz CT molecular complexity index is 908. The van der Waals surface area contributed by atoms with Gasteiger partial charge in [0.2, 0.25) is 0 Å². The summed E-state index contributed by atoms with van der Waals surface area (Å²) in [6, 6.07) is 12.9. The Balaban J connectivity index is 2.29. The number of nitro groups is 1. The maximum atomic E-state index is 11.5. The highest BCUT2D eigenvalue weighted by molar-refractivity contribution is 6.11. The van der Waals surface area contributed by atoms with Crippen molar-refractivity contribution in [3.05, 3.63) is 52.6 Å². The molecule has 0 aliphatic rings. The minimum Gasteiger partial charge on any atom is -0.380 e. The first-order valence-corrected chi connectivity index (χ1v) is 7.84. The maximum absolute atomic E-state index is 11.5. The number of nitrogens with one attached hydrogen (secondary N) is 1. The number of rotatable bonds is 5. The van der Waals surface area contributed by atoms with Crippen LogP contribution in [0.25, 0.3) is 21.8 Å². The van der Waals surface area contributed by atoms with Gasteiger partial charge in [0, 0.05) is 24.0 Å². The quantitative estimate of drug-likeness (QED) is 0.440. The molecule has 0 aliphatic heterocycles. The molecule has 1 aromatic heterocycles. The second-order valence-corrected chi connectivity index (χ2v) is 6.24. The van der Waals surface area contributed by atoms with Crippen LogP contribution in [0.4, 0.5) is 11.4 Å². The molecule has 3 aromatic rings. The molecule has 1 heterocycles. The molecule has 0 amide bonds. The number of likely N-dealkylation sites (N-methyl/N-ethyl adjacent to an activating group) is 1. The Kier molecular flexibility index (Phi) is 4.31. The summed E-state index contributed by atoms with van der Waals surface area (Å²) in [6.45, 7) is 2.88. The van der Waals surface area contributed by atoms with Gasteiger partial charge in [0.25, 0.3) is 5.69 Å². The van der Waals surface area contributed by atoms with Crippen LogP contribution >= 0.6 is 0 Å². The number of para-hydroxylation sites is 1. The minimum atomic E-state index is -0.347. The molecular weight excluding hydrogens is 304 g/mol. The largest absolute Gasteiger partial charge is 0.380 e. The Morgan fingerprint density at radius 1 is 1.17 bits per heavy atom. The van der Waals surface area contributed by atoms with Gasteiger partial charge < -0.3 is 10.2 Å². The summed E-state index contributed by atoms with van der Waals surface area (Å²) in [5, 5.41) is 16.4. The standard InChI is InChI=1S/C18H20N4O2/c1-12(11-21(2)3)19-18-13-7-4-5-8-14(13)20-15-9-6-10-16(17(15)18)22(23)24/h4-10,12H,11H2,1-3H3,(H,19,20). The predicted octanol–water partition coefficient (Wildman–Crippen LogP) is 3.66. The number of nitrogens with zero attached hydrogens (tertiary/aromatic N) is 3. The SMILES string of the molecule is CC(CN(C)C)Nc1c2ccccc2nc2cccc([N+](=O)[O-])c12. The molecule has 6 nitrogen and oxygen atoms in total. The number of non-ortho nitro benzene ring substituents is 1. The summed E-state index contributed by atoms with van der Waals surface area (Å²) in [4.78, 5) is 17.8. The fourth-order valence-corrected chi connectivity index (χ4v) is 3.07. The Morgan fingerprint density at radius 2 is 1.88 bits per heavy atom. The molecule has 6 heteroatoms. The molecule has 0 fully saturated rings. The lowest BCUT2D eigenvalue weighted by atomic mass is 10.1. The summed E-state index contributed by atoms with van der Waals surface area (Å²) in [5.74, 6) is 0. The van der Waals surface area contributed by atoms with E-state index in [1.54, 1.807) is 6.07 Å². The summed E-state index contributed by atoms with van der Waals surface area (Å²) in [7, 11) is 4.01. The molecule has 0 saturated heterocycles. The molecule has 124 valence electrons. The molecule has 1 unspecified atom stereocenters. The molecule has 0 saturated carbocycles. The fraction of sp³-hybridized carbons (Fsp3) is 0.278. The first-order valence-electron chi connectivity index (χ1n) is 7.84. The highest BCUT2D eigenvalue weighted by Crippen LogP contribution is 2.36. The normalized spacial score (nSPS) is 12.7. The molecule has 0 bridgehead atoms. The summed E-state index contributed by atoms with van der Waals surface area (Å²) in [5.41, 5.74) is 2.30. The molecule has 0 radical (unpaired) electrons. The van der Waals surface area contributed by atoms with E-state index in [4.69, 9.17) is 0 Å². The van der Waals surface area contributed by atoms with Crippen molar-refractivity contribution in [1.82, 2.24) is 9.88 Å². The Morgan fingerprint density at radius 3 is 2.58 bits per heavy atom. The highest BCUT2D eigenvalue weighted by Gasteiger charge is 2.20. The van der Waals surface area contributed by atoms with Gasteiger partial charge in [-0.3, -0.25) is 10.1 Å². The van der Waals surface area contributed by atoms with Gasteiger partial charge in [-0.05, 0) is 33.2 Å². The van der Waals surface area contributed by atoms with Crippen molar-refractivity contribution in [3.8, 4) is 0 Å². The van der Waals surface area contributed by atoms with Crippen LogP contribution in [0, 0.1) is 10.1 Å². The van der Waals surface area contributed by atoms with E-state index in [1.807, 2.05) is 44.4 Å². The van der Waals surface area contributed by atoms with Gasteiger partial charge in [-0.15, -0.1) is 0 Å². The van der Waals surface area contributed by atoms with E-state index in [0.29, 0.717) is 10.9 Å². The van der Waals surface area contributed by atoms with Crippen molar-refractivity contribution in [3.63, 3.8) is 0 Å². The topological polar surface area (TPSA) is 71.3 Å². The van der Waals surface area contributed by atoms with Crippen molar-refractivity contribution in [2.24, 2.45) is 0 Å². The summed E-state index contributed by atoms with van der Waals surface area (Å²) >= 11 is 0. The van der Waals surface area contributed by atoms with Crippen molar-refractivity contribution < 1.29 is 4.92 Å². The average Bonchev–Trinajstić information content (AvgIpc) is 2.53.